The lowest BCUT2D eigenvalue weighted by Gasteiger charge is -2.11. The van der Waals surface area contributed by atoms with E-state index in [0.717, 1.165) is 0 Å². The minimum Gasteiger partial charge on any atom is -0.468 e. The Kier molecular flexibility index (Phi) is 4.76. The van der Waals surface area contributed by atoms with E-state index in [1.807, 2.05) is 0 Å². The highest BCUT2D eigenvalue weighted by molar-refractivity contribution is 7.89. The molecule has 0 spiro atoms. The van der Waals surface area contributed by atoms with Gasteiger partial charge in [0.25, 0.3) is 0 Å². The van der Waals surface area contributed by atoms with Gasteiger partial charge in [0.1, 0.15) is 5.38 Å². The van der Waals surface area contributed by atoms with Crippen molar-refractivity contribution in [3.05, 3.63) is 36.7 Å². The molecule has 8 heteroatoms. The topological polar surface area (TPSA) is 85.4 Å². The Balaban J connectivity index is 2.28. The number of aromatic nitrogens is 1. The van der Waals surface area contributed by atoms with Gasteiger partial charge in [-0.15, -0.1) is 11.6 Å². The number of carbonyl (C=O) groups is 1. The Morgan fingerprint density at radius 3 is 2.90 bits per heavy atom. The molecule has 0 aliphatic heterocycles. The predicted molar refractivity (Wildman–Crippen MR) is 78.6 cm³/mol. The first-order valence-corrected chi connectivity index (χ1v) is 7.92. The summed E-state index contributed by atoms with van der Waals surface area (Å²) in [6.07, 6.45) is 3.09. The number of alkyl halides is 1. The van der Waals surface area contributed by atoms with Crippen LogP contribution in [-0.2, 0) is 19.6 Å². The zero-order chi connectivity index (χ0) is 15.5. The summed E-state index contributed by atoms with van der Waals surface area (Å²) in [5, 5.41) is 0.168. The minimum absolute atomic E-state index is 0.108. The number of hydrogen-bond donors (Lipinski definition) is 1. The van der Waals surface area contributed by atoms with Gasteiger partial charge in [-0.05, 0) is 12.1 Å². The summed E-state index contributed by atoms with van der Waals surface area (Å²) in [6, 6.07) is 6.48. The second-order valence-electron chi connectivity index (χ2n) is 4.20. The van der Waals surface area contributed by atoms with Crippen LogP contribution in [0, 0.1) is 0 Å². The van der Waals surface area contributed by atoms with E-state index in [-0.39, 0.29) is 11.4 Å². The van der Waals surface area contributed by atoms with Gasteiger partial charge in [0.2, 0.25) is 10.0 Å². The number of nitrogens with one attached hydrogen (secondary N) is 1. The number of halogens is 1. The molecule has 6 nitrogen and oxygen atoms in total. The predicted octanol–water partition coefficient (Wildman–Crippen LogP) is 1.29. The number of benzene rings is 1. The number of rotatable bonds is 5. The van der Waals surface area contributed by atoms with Gasteiger partial charge in [0.05, 0.1) is 12.0 Å². The van der Waals surface area contributed by atoms with Crippen molar-refractivity contribution in [2.24, 2.45) is 0 Å². The fraction of sp³-hybridized carbons (Fsp3) is 0.231. The molecule has 1 aromatic carbocycles. The Morgan fingerprint density at radius 2 is 2.19 bits per heavy atom. The standard InChI is InChI=1S/C13H13ClN2O4S/c1-20-13(17)11(14)8-16-21(18,19)12-4-2-3-9-7-15-6-5-10(9)12/h2-7,11,16H,8H2,1H3. The normalized spacial score (nSPS) is 13.0. The largest absolute Gasteiger partial charge is 0.468 e. The third-order valence-corrected chi connectivity index (χ3v) is 4.65. The first kappa shape index (κ1) is 15.7. The molecule has 0 saturated carbocycles. The average molecular weight is 329 g/mol. The van der Waals surface area contributed by atoms with Crippen LogP contribution in [-0.4, -0.2) is 38.4 Å². The SMILES string of the molecule is COC(=O)C(Cl)CNS(=O)(=O)c1cccc2cnccc12. The van der Waals surface area contributed by atoms with Gasteiger partial charge in [-0.25, -0.2) is 13.1 Å². The van der Waals surface area contributed by atoms with Gasteiger partial charge in [-0.3, -0.25) is 9.78 Å². The molecule has 1 atom stereocenters. The van der Waals surface area contributed by atoms with Crippen LogP contribution in [0.2, 0.25) is 0 Å². The molecular weight excluding hydrogens is 316 g/mol. The van der Waals surface area contributed by atoms with E-state index in [0.29, 0.717) is 10.8 Å². The van der Waals surface area contributed by atoms with Crippen LogP contribution in [0.4, 0.5) is 0 Å². The number of methoxy groups -OCH3 is 1. The van der Waals surface area contributed by atoms with Crippen molar-refractivity contribution in [1.29, 1.82) is 0 Å². The summed E-state index contributed by atoms with van der Waals surface area (Å²) in [7, 11) is -2.61. The average Bonchev–Trinajstić information content (AvgIpc) is 2.51. The lowest BCUT2D eigenvalue weighted by molar-refractivity contribution is -0.140. The molecule has 0 bridgehead atoms. The zero-order valence-corrected chi connectivity index (χ0v) is 12.7. The van der Waals surface area contributed by atoms with Crippen molar-refractivity contribution in [1.82, 2.24) is 9.71 Å². The summed E-state index contributed by atoms with van der Waals surface area (Å²) < 4.78 is 31.4. The number of nitrogens with zero attached hydrogens (tertiary/aromatic N) is 1. The maximum absolute atomic E-state index is 12.3. The van der Waals surface area contributed by atoms with Crippen molar-refractivity contribution < 1.29 is 17.9 Å². The fourth-order valence-corrected chi connectivity index (χ4v) is 3.33. The van der Waals surface area contributed by atoms with E-state index >= 15 is 0 Å². The van der Waals surface area contributed by atoms with E-state index in [1.54, 1.807) is 24.4 Å². The number of fused-ring (bicyclic) bond motifs is 1. The van der Waals surface area contributed by atoms with Gasteiger partial charge in [-0.1, -0.05) is 12.1 Å². The molecule has 2 rings (SSSR count). The Hall–Kier alpha value is -1.70. The van der Waals surface area contributed by atoms with E-state index in [4.69, 9.17) is 11.6 Å². The molecule has 0 radical (unpaired) electrons. The summed E-state index contributed by atoms with van der Waals surface area (Å²) >= 11 is 5.73. The van der Waals surface area contributed by atoms with Crippen molar-refractivity contribution >= 4 is 38.4 Å². The van der Waals surface area contributed by atoms with Gasteiger partial charge in [-0.2, -0.15) is 0 Å². The molecule has 1 unspecified atom stereocenters. The summed E-state index contributed by atoms with van der Waals surface area (Å²) in [6.45, 7) is -0.252. The van der Waals surface area contributed by atoms with Crippen LogP contribution in [0.1, 0.15) is 0 Å². The highest BCUT2D eigenvalue weighted by atomic mass is 35.5. The Morgan fingerprint density at radius 1 is 1.43 bits per heavy atom. The van der Waals surface area contributed by atoms with Gasteiger partial charge in [0, 0.05) is 29.7 Å². The number of hydrogen-bond acceptors (Lipinski definition) is 5. The van der Waals surface area contributed by atoms with Gasteiger partial charge in [0.15, 0.2) is 0 Å². The maximum Gasteiger partial charge on any atom is 0.325 e. The fourth-order valence-electron chi connectivity index (χ4n) is 1.80. The molecule has 2 aromatic rings. The molecule has 21 heavy (non-hydrogen) atoms. The monoisotopic (exact) mass is 328 g/mol. The van der Waals surface area contributed by atoms with Crippen molar-refractivity contribution in [2.75, 3.05) is 13.7 Å². The molecular formula is C13H13ClN2O4S. The molecule has 1 N–H and O–H groups in total. The highest BCUT2D eigenvalue weighted by Crippen LogP contribution is 2.21. The van der Waals surface area contributed by atoms with Gasteiger partial charge < -0.3 is 4.74 Å². The molecule has 0 aliphatic carbocycles. The molecule has 0 aliphatic rings. The van der Waals surface area contributed by atoms with Crippen molar-refractivity contribution in [3.8, 4) is 0 Å². The molecule has 112 valence electrons. The highest BCUT2D eigenvalue weighted by Gasteiger charge is 2.22. The van der Waals surface area contributed by atoms with E-state index in [2.05, 4.69) is 14.4 Å². The second-order valence-corrected chi connectivity index (χ2v) is 6.46. The van der Waals surface area contributed by atoms with E-state index in [9.17, 15) is 13.2 Å². The van der Waals surface area contributed by atoms with Crippen LogP contribution in [0.25, 0.3) is 10.8 Å². The summed E-state index contributed by atoms with van der Waals surface area (Å²) in [5.74, 6) is -0.693. The van der Waals surface area contributed by atoms with Crippen LogP contribution in [0.3, 0.4) is 0 Å². The van der Waals surface area contributed by atoms with E-state index < -0.39 is 21.4 Å². The number of sulfonamides is 1. The lowest BCUT2D eigenvalue weighted by atomic mass is 10.2. The molecule has 1 heterocycles. The lowest BCUT2D eigenvalue weighted by Crippen LogP contribution is -2.34. The van der Waals surface area contributed by atoms with Crippen LogP contribution in [0.15, 0.2) is 41.6 Å². The van der Waals surface area contributed by atoms with Crippen molar-refractivity contribution in [3.63, 3.8) is 0 Å². The molecule has 0 fully saturated rings. The number of carbonyl (C=O) groups excluding carboxylic acids is 1. The number of pyridine rings is 1. The number of esters is 1. The summed E-state index contributed by atoms with van der Waals surface area (Å²) in [4.78, 5) is 15.2. The van der Waals surface area contributed by atoms with E-state index in [1.165, 1.54) is 19.4 Å². The maximum atomic E-state index is 12.3. The Labute approximate surface area is 127 Å². The molecule has 0 saturated heterocycles. The third-order valence-electron chi connectivity index (χ3n) is 2.84. The van der Waals surface area contributed by atoms with Crippen LogP contribution < -0.4 is 4.72 Å². The first-order chi connectivity index (χ1) is 9.95. The van der Waals surface area contributed by atoms with Crippen LogP contribution >= 0.6 is 11.6 Å². The quantitative estimate of drug-likeness (QED) is 0.660. The first-order valence-electron chi connectivity index (χ1n) is 6.00. The molecule has 0 amide bonds. The smallest absolute Gasteiger partial charge is 0.325 e. The summed E-state index contributed by atoms with van der Waals surface area (Å²) in [5.41, 5.74) is 0. The minimum atomic E-state index is -3.79. The van der Waals surface area contributed by atoms with Crippen molar-refractivity contribution in [2.45, 2.75) is 10.3 Å². The molecule has 1 aromatic heterocycles. The van der Waals surface area contributed by atoms with Gasteiger partial charge >= 0.3 is 5.97 Å². The van der Waals surface area contributed by atoms with Crippen LogP contribution in [0.5, 0.6) is 0 Å². The second kappa shape index (κ2) is 6.38. The number of ether oxygens (including phenoxy) is 1. The third kappa shape index (κ3) is 3.49. The Bertz CT molecular complexity index is 758. The zero-order valence-electron chi connectivity index (χ0n) is 11.1.